The van der Waals surface area contributed by atoms with Gasteiger partial charge in [-0.25, -0.2) is 4.39 Å². The molecule has 0 unspecified atom stereocenters. The lowest BCUT2D eigenvalue weighted by atomic mass is 9.83. The summed E-state index contributed by atoms with van der Waals surface area (Å²) < 4.78 is 15.1. The molecular formula is C24H30FN3O4. The van der Waals surface area contributed by atoms with Crippen molar-refractivity contribution in [3.63, 3.8) is 0 Å². The predicted octanol–water partition coefficient (Wildman–Crippen LogP) is 3.33. The van der Waals surface area contributed by atoms with Crippen LogP contribution in [-0.4, -0.2) is 38.9 Å². The van der Waals surface area contributed by atoms with Crippen molar-refractivity contribution < 1.29 is 23.9 Å². The number of carbonyl (C=O) groups is 3. The Morgan fingerprint density at radius 1 is 1.16 bits per heavy atom. The SMILES string of the molecule is Cc1cc(NC(=O)c2c(C)c(C(=O)C(=O)NC3CCC(C)(O)CC3)n(C)c2C)ccc1F. The molecule has 172 valence electrons. The molecule has 1 fully saturated rings. The number of rotatable bonds is 5. The Bertz CT molecular complexity index is 1080. The number of aromatic nitrogens is 1. The number of amides is 2. The first-order chi connectivity index (χ1) is 14.9. The Balaban J connectivity index is 1.78. The van der Waals surface area contributed by atoms with Gasteiger partial charge in [0.05, 0.1) is 16.9 Å². The van der Waals surface area contributed by atoms with Gasteiger partial charge in [-0.15, -0.1) is 0 Å². The Morgan fingerprint density at radius 3 is 2.38 bits per heavy atom. The van der Waals surface area contributed by atoms with Gasteiger partial charge in [0, 0.05) is 24.5 Å². The van der Waals surface area contributed by atoms with Crippen LogP contribution in [0.15, 0.2) is 18.2 Å². The van der Waals surface area contributed by atoms with E-state index in [4.69, 9.17) is 0 Å². The van der Waals surface area contributed by atoms with Crippen LogP contribution in [-0.2, 0) is 11.8 Å². The number of anilines is 1. The summed E-state index contributed by atoms with van der Waals surface area (Å²) in [6, 6.07) is 4.11. The molecule has 1 aliphatic rings. The summed E-state index contributed by atoms with van der Waals surface area (Å²) in [5, 5.41) is 15.6. The van der Waals surface area contributed by atoms with Crippen molar-refractivity contribution in [1.29, 1.82) is 0 Å². The van der Waals surface area contributed by atoms with E-state index in [1.54, 1.807) is 39.3 Å². The molecule has 1 heterocycles. The van der Waals surface area contributed by atoms with E-state index in [1.165, 1.54) is 18.2 Å². The van der Waals surface area contributed by atoms with Crippen molar-refractivity contribution in [3.05, 3.63) is 52.1 Å². The lowest BCUT2D eigenvalue weighted by Gasteiger charge is -2.33. The van der Waals surface area contributed by atoms with Crippen molar-refractivity contribution in [2.75, 3.05) is 5.32 Å². The van der Waals surface area contributed by atoms with Crippen molar-refractivity contribution in [1.82, 2.24) is 9.88 Å². The predicted molar refractivity (Wildman–Crippen MR) is 119 cm³/mol. The molecule has 0 radical (unpaired) electrons. The molecule has 1 aliphatic carbocycles. The fourth-order valence-electron chi connectivity index (χ4n) is 4.29. The van der Waals surface area contributed by atoms with Gasteiger partial charge in [-0.05, 0) is 82.7 Å². The summed E-state index contributed by atoms with van der Waals surface area (Å²) in [7, 11) is 1.64. The van der Waals surface area contributed by atoms with Crippen LogP contribution < -0.4 is 10.6 Å². The third-order valence-corrected chi connectivity index (χ3v) is 6.39. The highest BCUT2D eigenvalue weighted by Gasteiger charge is 2.33. The zero-order chi connectivity index (χ0) is 23.8. The minimum atomic E-state index is -0.734. The van der Waals surface area contributed by atoms with E-state index in [0.717, 1.165) is 0 Å². The Kier molecular flexibility index (Phi) is 6.55. The molecule has 1 saturated carbocycles. The summed E-state index contributed by atoms with van der Waals surface area (Å²) in [4.78, 5) is 38.6. The molecule has 32 heavy (non-hydrogen) atoms. The quantitative estimate of drug-likeness (QED) is 0.487. The third kappa shape index (κ3) is 4.75. The number of aryl methyl sites for hydroxylation is 1. The van der Waals surface area contributed by atoms with Crippen molar-refractivity contribution in [3.8, 4) is 0 Å². The number of hydrogen-bond donors (Lipinski definition) is 3. The second-order valence-corrected chi connectivity index (χ2v) is 8.98. The van der Waals surface area contributed by atoms with Crippen LogP contribution in [0.25, 0.3) is 0 Å². The lowest BCUT2D eigenvalue weighted by molar-refractivity contribution is -0.118. The molecule has 0 aliphatic heterocycles. The number of carbonyl (C=O) groups excluding carboxylic acids is 3. The number of halogens is 1. The minimum absolute atomic E-state index is 0.156. The maximum Gasteiger partial charge on any atom is 0.294 e. The monoisotopic (exact) mass is 443 g/mol. The summed E-state index contributed by atoms with van der Waals surface area (Å²) in [6.07, 6.45) is 2.31. The van der Waals surface area contributed by atoms with E-state index < -0.39 is 23.2 Å². The van der Waals surface area contributed by atoms with Crippen LogP contribution in [0.4, 0.5) is 10.1 Å². The second kappa shape index (κ2) is 8.86. The van der Waals surface area contributed by atoms with Gasteiger partial charge in [-0.2, -0.15) is 0 Å². The molecule has 1 aromatic carbocycles. The number of benzene rings is 1. The summed E-state index contributed by atoms with van der Waals surface area (Å²) >= 11 is 0. The zero-order valence-corrected chi connectivity index (χ0v) is 19.1. The minimum Gasteiger partial charge on any atom is -0.390 e. The van der Waals surface area contributed by atoms with Crippen molar-refractivity contribution in [2.24, 2.45) is 7.05 Å². The smallest absolute Gasteiger partial charge is 0.294 e. The molecule has 3 rings (SSSR count). The van der Waals surface area contributed by atoms with Crippen LogP contribution in [0.2, 0.25) is 0 Å². The number of aliphatic hydroxyl groups is 1. The highest BCUT2D eigenvalue weighted by Crippen LogP contribution is 2.28. The Labute approximate surface area is 187 Å². The van der Waals surface area contributed by atoms with Gasteiger partial charge >= 0.3 is 0 Å². The number of nitrogens with zero attached hydrogens (tertiary/aromatic N) is 1. The molecule has 0 atom stereocenters. The molecule has 8 heteroatoms. The first-order valence-corrected chi connectivity index (χ1v) is 10.7. The molecular weight excluding hydrogens is 413 g/mol. The topological polar surface area (TPSA) is 100 Å². The van der Waals surface area contributed by atoms with Gasteiger partial charge in [-0.3, -0.25) is 14.4 Å². The second-order valence-electron chi connectivity index (χ2n) is 8.98. The molecule has 1 aromatic heterocycles. The van der Waals surface area contributed by atoms with Crippen LogP contribution in [0.5, 0.6) is 0 Å². The van der Waals surface area contributed by atoms with Crippen LogP contribution in [0.3, 0.4) is 0 Å². The van der Waals surface area contributed by atoms with E-state index in [1.807, 2.05) is 0 Å². The number of Topliss-reactive ketones (excluding diaryl/α,β-unsaturated/α-hetero) is 1. The number of nitrogens with one attached hydrogen (secondary N) is 2. The maximum atomic E-state index is 13.5. The normalized spacial score (nSPS) is 20.7. The van der Waals surface area contributed by atoms with E-state index in [-0.39, 0.29) is 17.6 Å². The molecule has 0 saturated heterocycles. The third-order valence-electron chi connectivity index (χ3n) is 6.39. The van der Waals surface area contributed by atoms with Crippen LogP contribution in [0.1, 0.15) is 70.3 Å². The van der Waals surface area contributed by atoms with E-state index in [0.29, 0.717) is 53.8 Å². The Hall–Kier alpha value is -3.00. The largest absolute Gasteiger partial charge is 0.390 e. The van der Waals surface area contributed by atoms with Gasteiger partial charge in [0.2, 0.25) is 0 Å². The first-order valence-electron chi connectivity index (χ1n) is 10.7. The molecule has 3 N–H and O–H groups in total. The molecule has 7 nitrogen and oxygen atoms in total. The number of ketones is 1. The summed E-state index contributed by atoms with van der Waals surface area (Å²) in [5.74, 6) is -2.23. The summed E-state index contributed by atoms with van der Waals surface area (Å²) in [5.41, 5.74) is 1.53. The fraction of sp³-hybridized carbons (Fsp3) is 0.458. The zero-order valence-electron chi connectivity index (χ0n) is 19.1. The highest BCUT2D eigenvalue weighted by molar-refractivity contribution is 6.43. The summed E-state index contributed by atoms with van der Waals surface area (Å²) in [6.45, 7) is 6.71. The molecule has 0 spiro atoms. The van der Waals surface area contributed by atoms with Crippen LogP contribution >= 0.6 is 0 Å². The number of hydrogen-bond acceptors (Lipinski definition) is 4. The van der Waals surface area contributed by atoms with E-state index >= 15 is 0 Å². The maximum absolute atomic E-state index is 13.5. The molecule has 0 bridgehead atoms. The van der Waals surface area contributed by atoms with Gasteiger partial charge in [0.15, 0.2) is 0 Å². The average Bonchev–Trinajstić information content (AvgIpc) is 2.94. The molecule has 2 aromatic rings. The van der Waals surface area contributed by atoms with Crippen LogP contribution in [0, 0.1) is 26.6 Å². The van der Waals surface area contributed by atoms with Crippen molar-refractivity contribution >= 4 is 23.3 Å². The average molecular weight is 444 g/mol. The van der Waals surface area contributed by atoms with E-state index in [2.05, 4.69) is 10.6 Å². The Morgan fingerprint density at radius 2 is 1.78 bits per heavy atom. The van der Waals surface area contributed by atoms with Gasteiger partial charge < -0.3 is 20.3 Å². The highest BCUT2D eigenvalue weighted by atomic mass is 19.1. The fourth-order valence-corrected chi connectivity index (χ4v) is 4.29. The standard InChI is InChI=1S/C24H30FN3O4/c1-13-12-17(6-7-18(13)25)27-22(30)19-14(2)20(28(5)15(19)3)21(29)23(31)26-16-8-10-24(4,32)11-9-16/h6-7,12,16,32H,8-11H2,1-5H3,(H,26,31)(H,27,30). The first kappa shape index (κ1) is 23.7. The van der Waals surface area contributed by atoms with E-state index in [9.17, 15) is 23.9 Å². The molecule has 2 amide bonds. The lowest BCUT2D eigenvalue weighted by Crippen LogP contribution is -2.44. The van der Waals surface area contributed by atoms with Crippen molar-refractivity contribution in [2.45, 2.75) is 65.0 Å². The van der Waals surface area contributed by atoms with Gasteiger partial charge in [0.1, 0.15) is 5.82 Å². The van der Waals surface area contributed by atoms with Gasteiger partial charge in [-0.1, -0.05) is 0 Å². The van der Waals surface area contributed by atoms with Gasteiger partial charge in [0.25, 0.3) is 17.6 Å².